The molecule has 0 bridgehead atoms. The molecular formula is C21H28F2IN5OS. The van der Waals surface area contributed by atoms with Gasteiger partial charge in [0, 0.05) is 38.8 Å². The Balaban J connectivity index is 0.00000341. The molecule has 1 amide bonds. The highest BCUT2D eigenvalue weighted by atomic mass is 127. The highest BCUT2D eigenvalue weighted by Gasteiger charge is 2.27. The second-order valence-corrected chi connectivity index (χ2v) is 7.94. The Morgan fingerprint density at radius 1 is 1.23 bits per heavy atom. The molecule has 1 aromatic carbocycles. The first-order valence-corrected chi connectivity index (χ1v) is 11.0. The van der Waals surface area contributed by atoms with Crippen molar-refractivity contribution in [3.8, 4) is 0 Å². The maximum absolute atomic E-state index is 14.0. The quantitative estimate of drug-likeness (QED) is 0.199. The van der Waals surface area contributed by atoms with Crippen molar-refractivity contribution in [3.05, 3.63) is 52.2 Å². The normalized spacial score (nSPS) is 16.0. The molecule has 1 aliphatic rings. The lowest BCUT2D eigenvalue weighted by molar-refractivity contribution is 0.0957. The molecule has 0 radical (unpaired) electrons. The zero-order valence-corrected chi connectivity index (χ0v) is 20.5. The van der Waals surface area contributed by atoms with E-state index >= 15 is 0 Å². The molecule has 0 spiro atoms. The first kappa shape index (κ1) is 25.3. The minimum atomic E-state index is -0.541. The van der Waals surface area contributed by atoms with Crippen LogP contribution in [0.3, 0.4) is 0 Å². The molecule has 1 saturated heterocycles. The number of rotatable bonds is 8. The number of hydrogen-bond donors (Lipinski definition) is 3. The second kappa shape index (κ2) is 12.8. The predicted octanol–water partition coefficient (Wildman–Crippen LogP) is 3.60. The van der Waals surface area contributed by atoms with Crippen LogP contribution in [0.1, 0.15) is 29.4 Å². The van der Waals surface area contributed by atoms with Gasteiger partial charge in [-0.05, 0) is 43.3 Å². The SMILES string of the molecule is CCNC(=NCCCNC(=O)c1cccs1)NC1CCN(c2c(F)cccc2F)C1.I. The van der Waals surface area contributed by atoms with E-state index in [0.29, 0.717) is 50.0 Å². The number of benzene rings is 1. The summed E-state index contributed by atoms with van der Waals surface area (Å²) in [5.74, 6) is -0.477. The van der Waals surface area contributed by atoms with Crippen LogP contribution in [0.25, 0.3) is 0 Å². The van der Waals surface area contributed by atoms with Crippen LogP contribution in [0.2, 0.25) is 0 Å². The highest BCUT2D eigenvalue weighted by molar-refractivity contribution is 14.0. The molecule has 10 heteroatoms. The van der Waals surface area contributed by atoms with Crippen LogP contribution in [0.4, 0.5) is 14.5 Å². The number of aliphatic imine (C=N–C) groups is 1. The summed E-state index contributed by atoms with van der Waals surface area (Å²) in [6, 6.07) is 7.62. The van der Waals surface area contributed by atoms with Gasteiger partial charge < -0.3 is 20.9 Å². The molecule has 1 fully saturated rings. The summed E-state index contributed by atoms with van der Waals surface area (Å²) in [5.41, 5.74) is 0.0326. The molecule has 3 rings (SSSR count). The topological polar surface area (TPSA) is 68.8 Å². The number of carbonyl (C=O) groups excluding carboxylic acids is 1. The van der Waals surface area contributed by atoms with E-state index in [9.17, 15) is 13.6 Å². The second-order valence-electron chi connectivity index (χ2n) is 6.99. The van der Waals surface area contributed by atoms with Gasteiger partial charge in [-0.25, -0.2) is 8.78 Å². The van der Waals surface area contributed by atoms with Gasteiger partial charge in [-0.1, -0.05) is 12.1 Å². The smallest absolute Gasteiger partial charge is 0.261 e. The summed E-state index contributed by atoms with van der Waals surface area (Å²) in [6.45, 7) is 4.86. The van der Waals surface area contributed by atoms with Crippen molar-refractivity contribution in [2.45, 2.75) is 25.8 Å². The number of carbonyl (C=O) groups is 1. The van der Waals surface area contributed by atoms with E-state index in [0.717, 1.165) is 6.42 Å². The number of nitrogens with zero attached hydrogens (tertiary/aromatic N) is 2. The molecule has 2 heterocycles. The number of para-hydroxylation sites is 1. The van der Waals surface area contributed by atoms with Crippen molar-refractivity contribution >= 4 is 52.9 Å². The molecule has 1 unspecified atom stereocenters. The molecule has 2 aromatic rings. The molecule has 170 valence electrons. The monoisotopic (exact) mass is 563 g/mol. The average molecular weight is 563 g/mol. The summed E-state index contributed by atoms with van der Waals surface area (Å²) in [4.78, 5) is 18.9. The van der Waals surface area contributed by atoms with E-state index < -0.39 is 11.6 Å². The number of anilines is 1. The molecule has 1 aliphatic heterocycles. The Labute approximate surface area is 202 Å². The molecule has 3 N–H and O–H groups in total. The van der Waals surface area contributed by atoms with E-state index in [-0.39, 0.29) is 41.6 Å². The summed E-state index contributed by atoms with van der Waals surface area (Å²) in [5, 5.41) is 11.3. The van der Waals surface area contributed by atoms with E-state index in [2.05, 4.69) is 20.9 Å². The van der Waals surface area contributed by atoms with Crippen LogP contribution in [-0.4, -0.2) is 50.6 Å². The largest absolute Gasteiger partial charge is 0.365 e. The van der Waals surface area contributed by atoms with Crippen molar-refractivity contribution in [2.75, 3.05) is 37.6 Å². The fraction of sp³-hybridized carbons (Fsp3) is 0.429. The summed E-state index contributed by atoms with van der Waals surface area (Å²) in [7, 11) is 0. The molecular weight excluding hydrogens is 535 g/mol. The Kier molecular flexibility index (Phi) is 10.4. The Morgan fingerprint density at radius 3 is 2.68 bits per heavy atom. The van der Waals surface area contributed by atoms with E-state index in [1.807, 2.05) is 18.4 Å². The average Bonchev–Trinajstić information content (AvgIpc) is 3.40. The first-order chi connectivity index (χ1) is 14.6. The molecule has 31 heavy (non-hydrogen) atoms. The van der Waals surface area contributed by atoms with E-state index in [1.165, 1.54) is 29.5 Å². The standard InChI is InChI=1S/C21H27F2N5OS.HI/c1-2-24-21(26-11-5-10-25-20(29)18-8-4-13-30-18)27-15-9-12-28(14-15)19-16(22)6-3-7-17(19)23;/h3-4,6-8,13,15H,2,5,9-12,14H2,1H3,(H,25,29)(H2,24,26,27);1H. The van der Waals surface area contributed by atoms with Gasteiger partial charge in [-0.15, -0.1) is 35.3 Å². The number of guanidine groups is 1. The Morgan fingerprint density at radius 2 is 2.00 bits per heavy atom. The number of nitrogens with one attached hydrogen (secondary N) is 3. The van der Waals surface area contributed by atoms with Gasteiger partial charge in [-0.2, -0.15) is 0 Å². The van der Waals surface area contributed by atoms with E-state index in [1.54, 1.807) is 11.0 Å². The van der Waals surface area contributed by atoms with Gasteiger partial charge in [0.15, 0.2) is 5.96 Å². The maximum atomic E-state index is 14.0. The lowest BCUT2D eigenvalue weighted by atomic mass is 10.2. The minimum absolute atomic E-state index is 0. The van der Waals surface area contributed by atoms with Crippen LogP contribution in [0.15, 0.2) is 40.7 Å². The van der Waals surface area contributed by atoms with Crippen molar-refractivity contribution in [1.82, 2.24) is 16.0 Å². The zero-order chi connectivity index (χ0) is 21.3. The zero-order valence-electron chi connectivity index (χ0n) is 17.4. The molecule has 0 saturated carbocycles. The summed E-state index contributed by atoms with van der Waals surface area (Å²) in [6.07, 6.45) is 1.47. The number of hydrogen-bond acceptors (Lipinski definition) is 4. The van der Waals surface area contributed by atoms with Gasteiger partial charge >= 0.3 is 0 Å². The van der Waals surface area contributed by atoms with Crippen LogP contribution in [0, 0.1) is 11.6 Å². The lowest BCUT2D eigenvalue weighted by Crippen LogP contribution is -2.44. The summed E-state index contributed by atoms with van der Waals surface area (Å²) >= 11 is 1.41. The fourth-order valence-corrected chi connectivity index (χ4v) is 3.99. The number of halogens is 3. The van der Waals surface area contributed by atoms with Gasteiger partial charge in [0.25, 0.3) is 5.91 Å². The van der Waals surface area contributed by atoms with Gasteiger partial charge in [0.1, 0.15) is 17.3 Å². The van der Waals surface area contributed by atoms with Crippen molar-refractivity contribution in [1.29, 1.82) is 0 Å². The van der Waals surface area contributed by atoms with Gasteiger partial charge in [-0.3, -0.25) is 9.79 Å². The third kappa shape index (κ3) is 7.30. The lowest BCUT2D eigenvalue weighted by Gasteiger charge is -2.21. The summed E-state index contributed by atoms with van der Waals surface area (Å²) < 4.78 is 28.1. The first-order valence-electron chi connectivity index (χ1n) is 10.1. The molecule has 0 aliphatic carbocycles. The van der Waals surface area contributed by atoms with Crippen molar-refractivity contribution in [3.63, 3.8) is 0 Å². The van der Waals surface area contributed by atoms with Crippen molar-refractivity contribution < 1.29 is 13.6 Å². The van der Waals surface area contributed by atoms with Gasteiger partial charge in [0.05, 0.1) is 4.88 Å². The number of amides is 1. The minimum Gasteiger partial charge on any atom is -0.365 e. The van der Waals surface area contributed by atoms with E-state index in [4.69, 9.17) is 0 Å². The van der Waals surface area contributed by atoms with Crippen LogP contribution < -0.4 is 20.9 Å². The Bertz CT molecular complexity index is 845. The van der Waals surface area contributed by atoms with Gasteiger partial charge in [0.2, 0.25) is 0 Å². The molecule has 1 aromatic heterocycles. The third-order valence-electron chi connectivity index (χ3n) is 4.76. The number of thiophene rings is 1. The van der Waals surface area contributed by atoms with Crippen LogP contribution >= 0.6 is 35.3 Å². The third-order valence-corrected chi connectivity index (χ3v) is 5.63. The highest BCUT2D eigenvalue weighted by Crippen LogP contribution is 2.26. The van der Waals surface area contributed by atoms with Crippen molar-refractivity contribution in [2.24, 2.45) is 4.99 Å². The van der Waals surface area contributed by atoms with Crippen LogP contribution in [-0.2, 0) is 0 Å². The fourth-order valence-electron chi connectivity index (χ4n) is 3.35. The molecule has 1 atom stereocenters. The predicted molar refractivity (Wildman–Crippen MR) is 133 cm³/mol. The van der Waals surface area contributed by atoms with Crippen LogP contribution in [0.5, 0.6) is 0 Å². The Hall–Kier alpha value is -1.95. The molecule has 6 nitrogen and oxygen atoms in total. The maximum Gasteiger partial charge on any atom is 0.261 e.